The molecule has 9 N–H and O–H groups in total. The number of anilines is 1. The van der Waals surface area contributed by atoms with Crippen molar-refractivity contribution in [3.05, 3.63) is 132 Å². The third-order valence-corrected chi connectivity index (χ3v) is 22.6. The Labute approximate surface area is 642 Å². The lowest BCUT2D eigenvalue weighted by molar-refractivity contribution is -0.271. The lowest BCUT2D eigenvalue weighted by Crippen LogP contribution is -2.64. The van der Waals surface area contributed by atoms with E-state index in [1.807, 2.05) is 66.2 Å². The first-order valence-electron chi connectivity index (χ1n) is 36.4. The predicted molar refractivity (Wildman–Crippen MR) is 400 cm³/mol. The number of aliphatic hydroxyl groups is 3. The molecule has 5 fully saturated rings. The molecule has 7 aromatic rings. The van der Waals surface area contributed by atoms with E-state index in [4.69, 9.17) is 43.2 Å². The van der Waals surface area contributed by atoms with Crippen LogP contribution in [-0.4, -0.2) is 230 Å². The van der Waals surface area contributed by atoms with Crippen LogP contribution in [0.2, 0.25) is 0 Å². The van der Waals surface area contributed by atoms with Gasteiger partial charge in [0.2, 0.25) is 18.1 Å². The van der Waals surface area contributed by atoms with Crippen molar-refractivity contribution >= 4 is 95.1 Å². The van der Waals surface area contributed by atoms with Gasteiger partial charge >= 0.3 is 18.0 Å². The highest BCUT2D eigenvalue weighted by Gasteiger charge is 2.66. The van der Waals surface area contributed by atoms with E-state index >= 15 is 0 Å². The molecule has 6 amide bonds. The third kappa shape index (κ3) is 19.2. The summed E-state index contributed by atoms with van der Waals surface area (Å²) >= 11 is 1.38. The fourth-order valence-corrected chi connectivity index (χ4v) is 18.5. The summed E-state index contributed by atoms with van der Waals surface area (Å²) in [6.07, 6.45) is -0.634. The second-order valence-electron chi connectivity index (χ2n) is 29.8. The molecular formula is C77H89N9O23S2. The molecule has 3 aromatic heterocycles. The van der Waals surface area contributed by atoms with Crippen LogP contribution in [0.1, 0.15) is 110 Å². The number of imide groups is 1. The van der Waals surface area contributed by atoms with Crippen molar-refractivity contribution in [2.75, 3.05) is 77.4 Å². The number of fused-ring (bicyclic) bond motifs is 2. The molecule has 4 saturated carbocycles. The number of hydrogen-bond acceptors (Lipinski definition) is 24. The first-order valence-corrected chi connectivity index (χ1v) is 38.8. The molecule has 5 heterocycles. The first kappa shape index (κ1) is 80.6. The number of carboxylic acids is 2. The zero-order valence-electron chi connectivity index (χ0n) is 61.5. The number of aromatic nitrogens is 4. The van der Waals surface area contributed by atoms with Crippen LogP contribution in [-0.2, 0) is 70.9 Å². The summed E-state index contributed by atoms with van der Waals surface area (Å²) in [7, 11) is -3.25. The molecule has 4 bridgehead atoms. The Kier molecular flexibility index (Phi) is 24.7. The van der Waals surface area contributed by atoms with Gasteiger partial charge in [-0.25, -0.2) is 24.4 Å². The average Bonchev–Trinajstić information content (AvgIpc) is 1.16. The number of carboxylic acid groups (broad SMARTS) is 2. The monoisotopic (exact) mass is 1570 g/mol. The maximum Gasteiger partial charge on any atom is 0.410 e. The van der Waals surface area contributed by atoms with Gasteiger partial charge in [-0.3, -0.25) is 43.4 Å². The molecule has 8 atom stereocenters. The number of amides is 6. The van der Waals surface area contributed by atoms with Crippen LogP contribution in [0, 0.1) is 23.2 Å². The summed E-state index contributed by atoms with van der Waals surface area (Å²) in [5.41, 5.74) is 2.93. The number of carbonyl (C=O) groups is 8. The van der Waals surface area contributed by atoms with Crippen molar-refractivity contribution in [1.29, 1.82) is 0 Å². The molecule has 1 saturated heterocycles. The Hall–Kier alpha value is -9.88. The lowest BCUT2D eigenvalue weighted by atomic mass is 9.39. The van der Waals surface area contributed by atoms with Crippen molar-refractivity contribution in [2.24, 2.45) is 16.2 Å². The Morgan fingerprint density at radius 2 is 1.55 bits per heavy atom. The summed E-state index contributed by atoms with van der Waals surface area (Å²) < 4.78 is 77.4. The van der Waals surface area contributed by atoms with Gasteiger partial charge in [-0.1, -0.05) is 68.0 Å². The van der Waals surface area contributed by atoms with Gasteiger partial charge in [-0.2, -0.15) is 13.5 Å². The standard InChI is InChI=1S/C77H89N9O23S2/c1-45-53(50-20-21-54(81-62(50)69(95)96)47-17-16-46-11-10-12-51(52(46)33-47)67(93)83-72-82-55-13-7-8-14-58(55)110-72)35-79-86(45)44-76-39-74(2)38-75(3,40-76)42-77(41-74,43-76)107-30-27-84(26-29-103-4)73(99)106-36-48-18-19-49(34-57(48)108-71-65(92)63(90)64(91)66(109-71)70(97)98)105-32-31-104-28-24-78-68(94)56(37-111(100,101)102)80-59(87)15-6-5-9-25-85-60(88)22-23-61(85)89/h7-8,10-14,16-23,33-35,56,63-66,71,90-92H,5-6,9,15,24-32,36-44H2,1-4H3,(H,78,94)(H,80,87)(H,95,96)(H,97,98)(H,82,83,93)(H,100,101,102)/t56-,63-,64-,65+,66-,71+,74?,75?,76?,77?/m0/s1. The minimum atomic E-state index is -4.73. The van der Waals surface area contributed by atoms with E-state index in [2.05, 4.69) is 34.8 Å². The Balaban J connectivity index is 0.665. The van der Waals surface area contributed by atoms with E-state index in [-0.39, 0.29) is 117 Å². The summed E-state index contributed by atoms with van der Waals surface area (Å²) in [5.74, 6) is -6.85. The van der Waals surface area contributed by atoms with Crippen LogP contribution >= 0.6 is 11.3 Å². The average molecular weight is 1570 g/mol. The molecule has 6 aliphatic rings. The minimum absolute atomic E-state index is 0.0865. The minimum Gasteiger partial charge on any atom is -0.491 e. The van der Waals surface area contributed by atoms with Crippen molar-refractivity contribution < 1.29 is 110 Å². The molecule has 2 unspecified atom stereocenters. The number of nitrogens with one attached hydrogen (secondary N) is 3. The number of thiazole rings is 1. The van der Waals surface area contributed by atoms with Crippen molar-refractivity contribution in [3.63, 3.8) is 0 Å². The van der Waals surface area contributed by atoms with Gasteiger partial charge < -0.3 is 74.2 Å². The zero-order chi connectivity index (χ0) is 79.2. The van der Waals surface area contributed by atoms with E-state index in [9.17, 15) is 76.9 Å². The topological polar surface area (TPSA) is 443 Å². The Morgan fingerprint density at radius 1 is 0.793 bits per heavy atom. The lowest BCUT2D eigenvalue weighted by Gasteiger charge is -2.69. The fraction of sp³-hybridized carbons (Fsp3) is 0.468. The molecule has 0 radical (unpaired) electrons. The molecule has 0 spiro atoms. The fourth-order valence-electron chi connectivity index (χ4n) is 17.0. The number of nitrogens with zero attached hydrogens (tertiary/aromatic N) is 6. The van der Waals surface area contributed by atoms with Crippen LogP contribution in [0.15, 0.2) is 109 Å². The predicted octanol–water partition coefficient (Wildman–Crippen LogP) is 6.70. The van der Waals surface area contributed by atoms with E-state index < -0.39 is 106 Å². The summed E-state index contributed by atoms with van der Waals surface area (Å²) in [5, 5.41) is 67.2. The Morgan fingerprint density at radius 3 is 2.28 bits per heavy atom. The molecule has 2 aliphatic heterocycles. The van der Waals surface area contributed by atoms with Crippen LogP contribution < -0.4 is 25.4 Å². The quantitative estimate of drug-likeness (QED) is 0.0112. The molecule has 4 aliphatic carbocycles. The number of aromatic carboxylic acids is 1. The van der Waals surface area contributed by atoms with Gasteiger partial charge in [0.15, 0.2) is 16.9 Å². The number of aliphatic carboxylic acids is 1. The first-order chi connectivity index (χ1) is 52.9. The van der Waals surface area contributed by atoms with Crippen LogP contribution in [0.5, 0.6) is 11.5 Å². The molecule has 32 nitrogen and oxygen atoms in total. The van der Waals surface area contributed by atoms with E-state index in [1.54, 1.807) is 24.4 Å². The van der Waals surface area contributed by atoms with Crippen LogP contribution in [0.25, 0.3) is 43.4 Å². The van der Waals surface area contributed by atoms with Gasteiger partial charge in [0.05, 0.1) is 54.1 Å². The number of unbranched alkanes of at least 4 members (excludes halogenated alkanes) is 2. The van der Waals surface area contributed by atoms with Crippen molar-refractivity contribution in [1.82, 2.24) is 40.2 Å². The van der Waals surface area contributed by atoms with E-state index in [1.165, 1.54) is 41.5 Å². The number of rotatable bonds is 36. The largest absolute Gasteiger partial charge is 0.491 e. The summed E-state index contributed by atoms with van der Waals surface area (Å²) in [6, 6.07) is 24.8. The molecule has 592 valence electrons. The number of ether oxygens (including phenoxy) is 7. The summed E-state index contributed by atoms with van der Waals surface area (Å²) in [6.45, 7) is 6.66. The number of aliphatic hydroxyl groups excluding tert-OH is 3. The number of carbonyl (C=O) groups excluding carboxylic acids is 6. The zero-order valence-corrected chi connectivity index (χ0v) is 63.2. The Bertz CT molecular complexity index is 4770. The molecule has 34 heteroatoms. The van der Waals surface area contributed by atoms with Gasteiger partial charge in [-0.05, 0) is 134 Å². The number of hydrogen-bond donors (Lipinski definition) is 9. The number of methoxy groups -OCH3 is 1. The molecule has 111 heavy (non-hydrogen) atoms. The number of pyridine rings is 1. The smallest absolute Gasteiger partial charge is 0.410 e. The van der Waals surface area contributed by atoms with Gasteiger partial charge in [0, 0.05) is 98.0 Å². The molecular weight excluding hydrogens is 1480 g/mol. The second kappa shape index (κ2) is 34.0. The highest BCUT2D eigenvalue weighted by molar-refractivity contribution is 7.85. The van der Waals surface area contributed by atoms with Crippen molar-refractivity contribution in [3.8, 4) is 33.9 Å². The number of benzene rings is 4. The summed E-state index contributed by atoms with van der Waals surface area (Å²) in [4.78, 5) is 114. The van der Waals surface area contributed by atoms with Crippen LogP contribution in [0.3, 0.4) is 0 Å². The highest BCUT2D eigenvalue weighted by Crippen LogP contribution is 2.72. The maximum absolute atomic E-state index is 14.3. The molecule has 4 aromatic carbocycles. The maximum atomic E-state index is 14.3. The third-order valence-electron chi connectivity index (χ3n) is 20.9. The molecule has 13 rings (SSSR count). The van der Waals surface area contributed by atoms with Crippen molar-refractivity contribution in [2.45, 2.75) is 140 Å². The van der Waals surface area contributed by atoms with Gasteiger partial charge in [0.25, 0.3) is 27.8 Å². The second-order valence-corrected chi connectivity index (χ2v) is 32.4. The van der Waals surface area contributed by atoms with E-state index in [0.29, 0.717) is 64.3 Å². The highest BCUT2D eigenvalue weighted by atomic mass is 32.2. The normalized spacial score (nSPS) is 23.6. The SMILES string of the molecule is COCCN(CCOC12CC3(C)CC(C)(CC(Cn4ncc(-c5ccc(-c6ccc7cccc(C(=O)Nc8nc9ccccc9s8)c7c6)nc5C(=O)O)c4C)(C3)C1)C2)C(=O)OCc1ccc(OCCOCCNC(=O)[C@H](CS(=O)(=O)O)NC(=O)CCCCCN2C(=O)C=CC2=O)cc1O[C@@H]1O[C@H](C(=O)O)[C@@H](O)[C@H](O)[C@H]1O. The number of para-hydroxylation sites is 1. The van der Waals surface area contributed by atoms with Crippen LogP contribution in [0.4, 0.5) is 9.93 Å². The van der Waals surface area contributed by atoms with Gasteiger partial charge in [-0.15, -0.1) is 0 Å². The van der Waals surface area contributed by atoms with Gasteiger partial charge in [0.1, 0.15) is 54.8 Å². The van der Waals surface area contributed by atoms with E-state index in [0.717, 1.165) is 70.5 Å².